The monoisotopic (exact) mass is 437 g/mol. The minimum atomic E-state index is -0.682. The molecule has 6 nitrogen and oxygen atoms in total. The smallest absolute Gasteiger partial charge is 0.303 e. The van der Waals surface area contributed by atoms with Crippen molar-refractivity contribution < 1.29 is 62.4 Å². The summed E-state index contributed by atoms with van der Waals surface area (Å²) in [5.41, 5.74) is 0. The van der Waals surface area contributed by atoms with E-state index in [0.29, 0.717) is 19.3 Å². The second-order valence-corrected chi connectivity index (χ2v) is 5.55. The SMILES string of the molecule is CCCCCC(=O)O.CCCCCC(=O)O.CCCCCC(=O)O.[Y]. The van der Waals surface area contributed by atoms with Crippen LogP contribution in [0.1, 0.15) is 97.8 Å². The van der Waals surface area contributed by atoms with Gasteiger partial charge in [0, 0.05) is 52.0 Å². The predicted octanol–water partition coefficient (Wildman–Crippen LogP) is 4.95. The van der Waals surface area contributed by atoms with Crippen molar-refractivity contribution in [1.29, 1.82) is 0 Å². The first-order valence-electron chi connectivity index (χ1n) is 8.97. The van der Waals surface area contributed by atoms with E-state index in [0.717, 1.165) is 57.8 Å². The van der Waals surface area contributed by atoms with Gasteiger partial charge in [0.15, 0.2) is 0 Å². The minimum Gasteiger partial charge on any atom is -0.481 e. The van der Waals surface area contributed by atoms with Gasteiger partial charge in [0.1, 0.15) is 0 Å². The van der Waals surface area contributed by atoms with E-state index in [4.69, 9.17) is 15.3 Å². The van der Waals surface area contributed by atoms with E-state index in [-0.39, 0.29) is 32.7 Å². The quantitative estimate of drug-likeness (QED) is 0.373. The molecule has 147 valence electrons. The van der Waals surface area contributed by atoms with Crippen LogP contribution in [0.4, 0.5) is 0 Å². The predicted molar refractivity (Wildman–Crippen MR) is 95.3 cm³/mol. The number of carboxylic acids is 3. The molecule has 0 aliphatic heterocycles. The summed E-state index contributed by atoms with van der Waals surface area (Å²) >= 11 is 0. The van der Waals surface area contributed by atoms with E-state index in [1.807, 2.05) is 0 Å². The third kappa shape index (κ3) is 51.7. The van der Waals surface area contributed by atoms with Crippen LogP contribution in [0, 0.1) is 0 Å². The van der Waals surface area contributed by atoms with Crippen LogP contribution in [0.3, 0.4) is 0 Å². The molecule has 0 aromatic rings. The van der Waals surface area contributed by atoms with Gasteiger partial charge in [-0.15, -0.1) is 0 Å². The van der Waals surface area contributed by atoms with Crippen LogP contribution in [-0.2, 0) is 47.1 Å². The van der Waals surface area contributed by atoms with Crippen molar-refractivity contribution in [3.8, 4) is 0 Å². The van der Waals surface area contributed by atoms with Gasteiger partial charge in [-0.2, -0.15) is 0 Å². The molecule has 0 aromatic carbocycles. The molecule has 1 radical (unpaired) electrons. The Balaban J connectivity index is -0.000000130. The van der Waals surface area contributed by atoms with E-state index in [1.165, 1.54) is 0 Å². The third-order valence-electron chi connectivity index (χ3n) is 2.98. The van der Waals surface area contributed by atoms with Gasteiger partial charge in [-0.05, 0) is 19.3 Å². The molecule has 0 heterocycles. The Morgan fingerprint density at radius 3 is 0.840 bits per heavy atom. The zero-order valence-electron chi connectivity index (χ0n) is 16.1. The molecule has 25 heavy (non-hydrogen) atoms. The van der Waals surface area contributed by atoms with Gasteiger partial charge in [-0.25, -0.2) is 0 Å². The van der Waals surface area contributed by atoms with E-state index >= 15 is 0 Å². The molecule has 0 spiro atoms. The number of carbonyl (C=O) groups is 3. The standard InChI is InChI=1S/3C6H12O2.Y/c3*1-2-3-4-5-6(7)8;/h3*2-5H2,1H3,(H,7,8);. The number of hydrogen-bond donors (Lipinski definition) is 3. The molecular formula is C18H36O6Y. The van der Waals surface area contributed by atoms with Gasteiger partial charge in [0.25, 0.3) is 0 Å². The normalized spacial score (nSPS) is 8.76. The number of hydrogen-bond acceptors (Lipinski definition) is 3. The molecule has 0 aliphatic carbocycles. The summed E-state index contributed by atoms with van der Waals surface area (Å²) in [5.74, 6) is -2.05. The second-order valence-electron chi connectivity index (χ2n) is 5.55. The van der Waals surface area contributed by atoms with Crippen molar-refractivity contribution in [3.63, 3.8) is 0 Å². The molecule has 3 N–H and O–H groups in total. The third-order valence-corrected chi connectivity index (χ3v) is 2.98. The number of carboxylic acid groups (broad SMARTS) is 3. The summed E-state index contributed by atoms with van der Waals surface area (Å²) in [6, 6.07) is 0. The number of unbranched alkanes of at least 4 members (excludes halogenated alkanes) is 6. The van der Waals surface area contributed by atoms with Crippen molar-refractivity contribution in [3.05, 3.63) is 0 Å². The van der Waals surface area contributed by atoms with E-state index in [1.54, 1.807) is 0 Å². The van der Waals surface area contributed by atoms with Crippen LogP contribution in [-0.4, -0.2) is 33.2 Å². The average Bonchev–Trinajstić information content (AvgIpc) is 2.48. The molecule has 0 bridgehead atoms. The van der Waals surface area contributed by atoms with Gasteiger partial charge in [0.05, 0.1) is 0 Å². The molecule has 7 heteroatoms. The molecular weight excluding hydrogens is 401 g/mol. The molecule has 0 amide bonds. The second kappa shape index (κ2) is 28.3. The maximum absolute atomic E-state index is 9.87. The van der Waals surface area contributed by atoms with Gasteiger partial charge in [0.2, 0.25) is 0 Å². The maximum Gasteiger partial charge on any atom is 0.303 e. The van der Waals surface area contributed by atoms with Crippen LogP contribution in [0.25, 0.3) is 0 Å². The molecule has 0 unspecified atom stereocenters. The van der Waals surface area contributed by atoms with E-state index in [9.17, 15) is 14.4 Å². The van der Waals surface area contributed by atoms with E-state index in [2.05, 4.69) is 20.8 Å². The number of aliphatic carboxylic acids is 3. The Bertz CT molecular complexity index is 260. The first-order valence-corrected chi connectivity index (χ1v) is 8.97. The Kier molecular flexibility index (Phi) is 36.5. The van der Waals surface area contributed by atoms with E-state index < -0.39 is 17.9 Å². The van der Waals surface area contributed by atoms with Gasteiger partial charge in [-0.3, -0.25) is 14.4 Å². The first kappa shape index (κ1) is 32.2. The number of rotatable bonds is 12. The van der Waals surface area contributed by atoms with Crippen LogP contribution in [0.15, 0.2) is 0 Å². The van der Waals surface area contributed by atoms with Crippen LogP contribution in [0.5, 0.6) is 0 Å². The fourth-order valence-corrected chi connectivity index (χ4v) is 1.58. The summed E-state index contributed by atoms with van der Waals surface area (Å²) in [5, 5.41) is 24.4. The molecule has 0 atom stereocenters. The molecule has 0 aromatic heterocycles. The largest absolute Gasteiger partial charge is 0.481 e. The maximum atomic E-state index is 9.87. The van der Waals surface area contributed by atoms with Crippen molar-refractivity contribution in [1.82, 2.24) is 0 Å². The Morgan fingerprint density at radius 2 is 0.720 bits per heavy atom. The van der Waals surface area contributed by atoms with Crippen LogP contribution < -0.4 is 0 Å². The minimum absolute atomic E-state index is 0. The molecule has 0 fully saturated rings. The van der Waals surface area contributed by atoms with Crippen molar-refractivity contribution >= 4 is 17.9 Å². The summed E-state index contributed by atoms with van der Waals surface area (Å²) in [7, 11) is 0. The van der Waals surface area contributed by atoms with Gasteiger partial charge < -0.3 is 15.3 Å². The summed E-state index contributed by atoms with van der Waals surface area (Å²) < 4.78 is 0. The average molecular weight is 437 g/mol. The zero-order valence-corrected chi connectivity index (χ0v) is 19.0. The Morgan fingerprint density at radius 1 is 0.520 bits per heavy atom. The topological polar surface area (TPSA) is 112 Å². The summed E-state index contributed by atoms with van der Waals surface area (Å²) in [6.07, 6.45) is 9.83. The van der Waals surface area contributed by atoms with Gasteiger partial charge >= 0.3 is 17.9 Å². The fraction of sp³-hybridized carbons (Fsp3) is 0.833. The van der Waals surface area contributed by atoms with Crippen molar-refractivity contribution in [2.45, 2.75) is 97.8 Å². The van der Waals surface area contributed by atoms with Gasteiger partial charge in [-0.1, -0.05) is 59.3 Å². The fourth-order valence-electron chi connectivity index (χ4n) is 1.58. The molecule has 0 aliphatic rings. The molecule has 0 saturated heterocycles. The zero-order chi connectivity index (χ0) is 19.2. The molecule has 0 saturated carbocycles. The summed E-state index contributed by atoms with van der Waals surface area (Å²) in [4.78, 5) is 29.6. The summed E-state index contributed by atoms with van der Waals surface area (Å²) in [6.45, 7) is 6.17. The van der Waals surface area contributed by atoms with Crippen LogP contribution in [0.2, 0.25) is 0 Å². The Labute approximate surface area is 177 Å². The Hall–Kier alpha value is -0.486. The molecule has 0 rings (SSSR count). The van der Waals surface area contributed by atoms with Crippen molar-refractivity contribution in [2.75, 3.05) is 0 Å². The van der Waals surface area contributed by atoms with Crippen molar-refractivity contribution in [2.24, 2.45) is 0 Å². The first-order chi connectivity index (χ1) is 11.3. The van der Waals surface area contributed by atoms with Crippen LogP contribution >= 0.6 is 0 Å².